The van der Waals surface area contributed by atoms with E-state index in [9.17, 15) is 4.79 Å². The number of likely N-dealkylation sites (N-methyl/N-ethyl adjacent to an activating group) is 1. The van der Waals surface area contributed by atoms with Crippen LogP contribution in [0.25, 0.3) is 10.6 Å². The van der Waals surface area contributed by atoms with Crippen molar-refractivity contribution in [3.05, 3.63) is 64.6 Å². The van der Waals surface area contributed by atoms with Gasteiger partial charge in [-0.3, -0.25) is 0 Å². The van der Waals surface area contributed by atoms with E-state index in [-0.39, 0.29) is 6.03 Å². The van der Waals surface area contributed by atoms with Gasteiger partial charge in [-0.15, -0.1) is 11.3 Å². The van der Waals surface area contributed by atoms with Crippen LogP contribution in [0.4, 0.5) is 10.5 Å². The van der Waals surface area contributed by atoms with E-state index in [0.717, 1.165) is 27.7 Å². The molecular weight excluding hydrogens is 382 g/mol. The monoisotopic (exact) mass is 401 g/mol. The lowest BCUT2D eigenvalue weighted by Gasteiger charge is -2.18. The highest BCUT2D eigenvalue weighted by molar-refractivity contribution is 7.13. The van der Waals surface area contributed by atoms with Gasteiger partial charge in [0.2, 0.25) is 0 Å². The summed E-state index contributed by atoms with van der Waals surface area (Å²) in [6.07, 6.45) is 0. The minimum atomic E-state index is -0.187. The molecule has 0 unspecified atom stereocenters. The molecule has 0 atom stereocenters. The number of nitrogens with zero attached hydrogens (tertiary/aromatic N) is 2. The van der Waals surface area contributed by atoms with Crippen LogP contribution in [-0.2, 0) is 0 Å². The molecule has 0 radical (unpaired) electrons. The zero-order valence-electron chi connectivity index (χ0n) is 15.1. The van der Waals surface area contributed by atoms with Crippen molar-refractivity contribution < 1.29 is 9.53 Å². The molecule has 140 valence electrons. The van der Waals surface area contributed by atoms with Gasteiger partial charge in [-0.25, -0.2) is 9.78 Å². The Bertz CT molecular complexity index is 894. The number of benzene rings is 2. The first-order chi connectivity index (χ1) is 13.0. The summed E-state index contributed by atoms with van der Waals surface area (Å²) in [5.41, 5.74) is 2.79. The number of hydrogen-bond acceptors (Lipinski definition) is 4. The molecule has 1 N–H and O–H groups in total. The number of halogens is 1. The third kappa shape index (κ3) is 5.45. The van der Waals surface area contributed by atoms with E-state index in [1.54, 1.807) is 47.5 Å². The minimum Gasteiger partial charge on any atom is -0.492 e. The van der Waals surface area contributed by atoms with Crippen molar-refractivity contribution in [2.45, 2.75) is 6.92 Å². The number of thiazole rings is 1. The maximum atomic E-state index is 12.3. The van der Waals surface area contributed by atoms with E-state index in [0.29, 0.717) is 18.2 Å². The van der Waals surface area contributed by atoms with Gasteiger partial charge < -0.3 is 15.0 Å². The number of amides is 2. The first-order valence-electron chi connectivity index (χ1n) is 8.44. The standard InChI is InChI=1S/C20H20ClN3O2S/c1-14-13-27-19(22-14)15-3-7-17(8-4-15)23-20(25)24(2)11-12-26-18-9-5-16(21)6-10-18/h3-10,13H,11-12H2,1-2H3,(H,23,25). The van der Waals surface area contributed by atoms with Crippen LogP contribution in [0.15, 0.2) is 53.9 Å². The van der Waals surface area contributed by atoms with Gasteiger partial charge >= 0.3 is 6.03 Å². The Morgan fingerprint density at radius 3 is 2.52 bits per heavy atom. The molecule has 0 aliphatic rings. The van der Waals surface area contributed by atoms with Gasteiger partial charge in [0.15, 0.2) is 0 Å². The van der Waals surface area contributed by atoms with E-state index >= 15 is 0 Å². The normalized spacial score (nSPS) is 10.5. The molecule has 2 amide bonds. The van der Waals surface area contributed by atoms with Crippen LogP contribution in [0, 0.1) is 6.92 Å². The number of rotatable bonds is 6. The second-order valence-electron chi connectivity index (χ2n) is 6.03. The Hall–Kier alpha value is -2.57. The second-order valence-corrected chi connectivity index (χ2v) is 7.32. The number of aromatic nitrogens is 1. The molecule has 0 spiro atoms. The van der Waals surface area contributed by atoms with Gasteiger partial charge in [0.1, 0.15) is 17.4 Å². The van der Waals surface area contributed by atoms with Crippen molar-refractivity contribution in [2.75, 3.05) is 25.5 Å². The molecule has 5 nitrogen and oxygen atoms in total. The Morgan fingerprint density at radius 2 is 1.89 bits per heavy atom. The number of anilines is 1. The van der Waals surface area contributed by atoms with Crippen LogP contribution in [0.1, 0.15) is 5.69 Å². The predicted molar refractivity (Wildman–Crippen MR) is 111 cm³/mol. The molecular formula is C20H20ClN3O2S. The van der Waals surface area contributed by atoms with Gasteiger partial charge in [-0.1, -0.05) is 11.6 Å². The smallest absolute Gasteiger partial charge is 0.321 e. The van der Waals surface area contributed by atoms with Gasteiger partial charge in [0.25, 0.3) is 0 Å². The van der Waals surface area contributed by atoms with Crippen molar-refractivity contribution in [1.82, 2.24) is 9.88 Å². The second kappa shape index (κ2) is 8.88. The van der Waals surface area contributed by atoms with E-state index in [4.69, 9.17) is 16.3 Å². The average molecular weight is 402 g/mol. The van der Waals surface area contributed by atoms with Crippen molar-refractivity contribution in [3.63, 3.8) is 0 Å². The van der Waals surface area contributed by atoms with E-state index in [2.05, 4.69) is 10.3 Å². The molecule has 1 heterocycles. The van der Waals surface area contributed by atoms with E-state index in [1.165, 1.54) is 0 Å². The molecule has 2 aromatic carbocycles. The number of carbonyl (C=O) groups is 1. The van der Waals surface area contributed by atoms with Gasteiger partial charge in [0.05, 0.1) is 6.54 Å². The first kappa shape index (κ1) is 19.2. The lowest BCUT2D eigenvalue weighted by atomic mass is 10.2. The molecule has 3 rings (SSSR count). The molecule has 0 fully saturated rings. The van der Waals surface area contributed by atoms with Gasteiger partial charge in [-0.2, -0.15) is 0 Å². The number of aryl methyl sites for hydroxylation is 1. The summed E-state index contributed by atoms with van der Waals surface area (Å²) in [6, 6.07) is 14.6. The van der Waals surface area contributed by atoms with Crippen LogP contribution in [0.3, 0.4) is 0 Å². The first-order valence-corrected chi connectivity index (χ1v) is 9.70. The summed E-state index contributed by atoms with van der Waals surface area (Å²) in [7, 11) is 1.73. The fourth-order valence-electron chi connectivity index (χ4n) is 2.33. The van der Waals surface area contributed by atoms with Crippen LogP contribution in [0.2, 0.25) is 5.02 Å². The Morgan fingerprint density at radius 1 is 1.19 bits per heavy atom. The quantitative estimate of drug-likeness (QED) is 0.608. The molecule has 0 saturated carbocycles. The number of nitrogens with one attached hydrogen (secondary N) is 1. The zero-order chi connectivity index (χ0) is 19.2. The fourth-order valence-corrected chi connectivity index (χ4v) is 3.26. The highest BCUT2D eigenvalue weighted by Gasteiger charge is 2.09. The van der Waals surface area contributed by atoms with Crippen LogP contribution in [-0.4, -0.2) is 36.1 Å². The Balaban J connectivity index is 1.48. The SMILES string of the molecule is Cc1csc(-c2ccc(NC(=O)N(C)CCOc3ccc(Cl)cc3)cc2)n1. The third-order valence-corrected chi connectivity index (χ3v) is 5.12. The van der Waals surface area contributed by atoms with Crippen LogP contribution < -0.4 is 10.1 Å². The van der Waals surface area contributed by atoms with Gasteiger partial charge in [-0.05, 0) is 55.5 Å². The fraction of sp³-hybridized carbons (Fsp3) is 0.200. The lowest BCUT2D eigenvalue weighted by molar-refractivity contribution is 0.207. The highest BCUT2D eigenvalue weighted by Crippen LogP contribution is 2.24. The summed E-state index contributed by atoms with van der Waals surface area (Å²) in [4.78, 5) is 18.3. The third-order valence-electron chi connectivity index (χ3n) is 3.86. The zero-order valence-corrected chi connectivity index (χ0v) is 16.7. The van der Waals surface area contributed by atoms with Crippen molar-refractivity contribution in [3.8, 4) is 16.3 Å². The van der Waals surface area contributed by atoms with Gasteiger partial charge in [0, 0.05) is 34.4 Å². The van der Waals surface area contributed by atoms with Crippen molar-refractivity contribution in [1.29, 1.82) is 0 Å². The summed E-state index contributed by atoms with van der Waals surface area (Å²) in [5.74, 6) is 0.723. The highest BCUT2D eigenvalue weighted by atomic mass is 35.5. The number of ether oxygens (including phenoxy) is 1. The average Bonchev–Trinajstić information content (AvgIpc) is 3.10. The summed E-state index contributed by atoms with van der Waals surface area (Å²) in [5, 5.41) is 6.53. The topological polar surface area (TPSA) is 54.5 Å². The molecule has 0 bridgehead atoms. The Labute approximate surface area is 167 Å². The number of urea groups is 1. The molecule has 0 saturated heterocycles. The molecule has 1 aromatic heterocycles. The summed E-state index contributed by atoms with van der Waals surface area (Å²) in [6.45, 7) is 2.83. The maximum absolute atomic E-state index is 12.3. The summed E-state index contributed by atoms with van der Waals surface area (Å²) >= 11 is 7.45. The summed E-state index contributed by atoms with van der Waals surface area (Å²) < 4.78 is 5.61. The molecule has 3 aromatic rings. The van der Waals surface area contributed by atoms with E-state index < -0.39 is 0 Å². The van der Waals surface area contributed by atoms with Crippen molar-refractivity contribution in [2.24, 2.45) is 0 Å². The maximum Gasteiger partial charge on any atom is 0.321 e. The Kier molecular flexibility index (Phi) is 6.32. The molecule has 27 heavy (non-hydrogen) atoms. The molecule has 0 aliphatic heterocycles. The number of hydrogen-bond donors (Lipinski definition) is 1. The van der Waals surface area contributed by atoms with Crippen LogP contribution in [0.5, 0.6) is 5.75 Å². The van der Waals surface area contributed by atoms with E-state index in [1.807, 2.05) is 36.6 Å². The van der Waals surface area contributed by atoms with Crippen LogP contribution >= 0.6 is 22.9 Å². The largest absolute Gasteiger partial charge is 0.492 e. The minimum absolute atomic E-state index is 0.187. The van der Waals surface area contributed by atoms with Crippen molar-refractivity contribution >= 4 is 34.7 Å². The molecule has 7 heteroatoms. The molecule has 0 aliphatic carbocycles. The lowest BCUT2D eigenvalue weighted by Crippen LogP contribution is -2.34. The number of carbonyl (C=O) groups excluding carboxylic acids is 1. The predicted octanol–water partition coefficient (Wildman–Crippen LogP) is 5.31.